The molecule has 2 rings (SSSR count). The fourth-order valence-corrected chi connectivity index (χ4v) is 2.74. The average molecular weight is 418 g/mol. The first kappa shape index (κ1) is 16.0. The molecule has 0 bridgehead atoms. The Balaban J connectivity index is 2.62. The van der Waals surface area contributed by atoms with Crippen molar-refractivity contribution >= 4 is 31.9 Å². The Morgan fingerprint density at radius 3 is 2.71 bits per heavy atom. The number of methoxy groups -OCH3 is 1. The highest BCUT2D eigenvalue weighted by Crippen LogP contribution is 2.37. The summed E-state index contributed by atoms with van der Waals surface area (Å²) >= 11 is 6.52. The van der Waals surface area contributed by atoms with E-state index in [1.807, 2.05) is 6.92 Å². The van der Waals surface area contributed by atoms with Crippen molar-refractivity contribution in [3.8, 4) is 22.9 Å². The number of halogens is 2. The Morgan fingerprint density at radius 2 is 2.10 bits per heavy atom. The van der Waals surface area contributed by atoms with Gasteiger partial charge in [-0.1, -0.05) is 13.3 Å². The third kappa shape index (κ3) is 3.29. The zero-order valence-electron chi connectivity index (χ0n) is 11.5. The summed E-state index contributed by atoms with van der Waals surface area (Å²) in [6, 6.07) is 3.31. The fourth-order valence-electron chi connectivity index (χ4n) is 1.91. The van der Waals surface area contributed by atoms with E-state index in [9.17, 15) is 9.90 Å². The second-order valence-electron chi connectivity index (χ2n) is 4.43. The van der Waals surface area contributed by atoms with Gasteiger partial charge in [0.05, 0.1) is 17.3 Å². The van der Waals surface area contributed by atoms with Gasteiger partial charge in [-0.3, -0.25) is 4.79 Å². The molecule has 0 saturated heterocycles. The van der Waals surface area contributed by atoms with Gasteiger partial charge in [0.25, 0.3) is 5.56 Å². The highest BCUT2D eigenvalue weighted by atomic mass is 79.9. The van der Waals surface area contributed by atoms with Crippen molar-refractivity contribution < 1.29 is 9.84 Å². The molecule has 0 amide bonds. The lowest BCUT2D eigenvalue weighted by molar-refractivity contribution is 0.372. The number of benzene rings is 1. The van der Waals surface area contributed by atoms with E-state index in [0.717, 1.165) is 6.42 Å². The van der Waals surface area contributed by atoms with Crippen LogP contribution in [0.3, 0.4) is 0 Å². The Labute approximate surface area is 138 Å². The molecule has 112 valence electrons. The third-order valence-electron chi connectivity index (χ3n) is 2.94. The highest BCUT2D eigenvalue weighted by molar-refractivity contribution is 9.10. The van der Waals surface area contributed by atoms with E-state index < -0.39 is 0 Å². The van der Waals surface area contributed by atoms with E-state index in [0.29, 0.717) is 38.2 Å². The number of aromatic amines is 1. The molecule has 0 saturated carbocycles. The number of aromatic hydroxyl groups is 1. The molecular weight excluding hydrogens is 404 g/mol. The Hall–Kier alpha value is -1.34. The number of nitrogens with one attached hydrogen (secondary N) is 1. The smallest absolute Gasteiger partial charge is 0.265 e. The molecule has 0 atom stereocenters. The van der Waals surface area contributed by atoms with Crippen LogP contribution in [-0.4, -0.2) is 22.2 Å². The normalized spacial score (nSPS) is 10.7. The zero-order valence-corrected chi connectivity index (χ0v) is 14.7. The molecule has 0 radical (unpaired) electrons. The second kappa shape index (κ2) is 6.62. The van der Waals surface area contributed by atoms with Crippen molar-refractivity contribution in [2.45, 2.75) is 19.8 Å². The summed E-state index contributed by atoms with van der Waals surface area (Å²) in [6.45, 7) is 2.02. The van der Waals surface area contributed by atoms with Crippen LogP contribution in [-0.2, 0) is 6.42 Å². The molecule has 5 nitrogen and oxygen atoms in total. The predicted octanol–water partition coefficient (Wildman–Crippen LogP) is 3.63. The van der Waals surface area contributed by atoms with Gasteiger partial charge in [-0.2, -0.15) is 0 Å². The van der Waals surface area contributed by atoms with Crippen molar-refractivity contribution in [3.63, 3.8) is 0 Å². The van der Waals surface area contributed by atoms with Gasteiger partial charge in [0.15, 0.2) is 11.5 Å². The van der Waals surface area contributed by atoms with Crippen LogP contribution in [0.5, 0.6) is 11.5 Å². The Kier molecular flexibility index (Phi) is 5.05. The zero-order chi connectivity index (χ0) is 15.6. The highest BCUT2D eigenvalue weighted by Gasteiger charge is 2.14. The van der Waals surface area contributed by atoms with Crippen LogP contribution in [0.25, 0.3) is 11.4 Å². The molecule has 0 aliphatic carbocycles. The maximum Gasteiger partial charge on any atom is 0.265 e. The maximum absolute atomic E-state index is 12.0. The van der Waals surface area contributed by atoms with Crippen LogP contribution in [0.1, 0.15) is 19.0 Å². The molecule has 1 aromatic carbocycles. The minimum Gasteiger partial charge on any atom is -0.503 e. The van der Waals surface area contributed by atoms with E-state index in [-0.39, 0.29) is 11.3 Å². The number of rotatable bonds is 4. The van der Waals surface area contributed by atoms with Gasteiger partial charge < -0.3 is 14.8 Å². The van der Waals surface area contributed by atoms with Crippen molar-refractivity contribution in [3.05, 3.63) is 37.1 Å². The van der Waals surface area contributed by atoms with Crippen LogP contribution in [0, 0.1) is 0 Å². The minimum atomic E-state index is -0.230. The lowest BCUT2D eigenvalue weighted by atomic mass is 10.1. The number of hydrogen-bond donors (Lipinski definition) is 2. The van der Waals surface area contributed by atoms with Crippen molar-refractivity contribution in [2.24, 2.45) is 0 Å². The van der Waals surface area contributed by atoms with E-state index in [2.05, 4.69) is 41.8 Å². The van der Waals surface area contributed by atoms with Crippen LogP contribution < -0.4 is 10.3 Å². The molecule has 0 fully saturated rings. The van der Waals surface area contributed by atoms with Gasteiger partial charge in [-0.25, -0.2) is 4.98 Å². The van der Waals surface area contributed by atoms with Gasteiger partial charge in [0.2, 0.25) is 0 Å². The minimum absolute atomic E-state index is 0.00879. The molecule has 21 heavy (non-hydrogen) atoms. The van der Waals surface area contributed by atoms with Gasteiger partial charge in [0.1, 0.15) is 10.3 Å². The number of hydrogen-bond acceptors (Lipinski definition) is 4. The van der Waals surface area contributed by atoms with Gasteiger partial charge >= 0.3 is 0 Å². The monoisotopic (exact) mass is 416 g/mol. The third-order valence-corrected chi connectivity index (χ3v) is 4.36. The molecule has 0 unspecified atom stereocenters. The van der Waals surface area contributed by atoms with Gasteiger partial charge in [0, 0.05) is 5.56 Å². The first-order chi connectivity index (χ1) is 9.97. The molecule has 1 aromatic heterocycles. The number of aryl methyl sites for hydroxylation is 1. The number of aromatic nitrogens is 2. The van der Waals surface area contributed by atoms with Crippen LogP contribution >= 0.6 is 31.9 Å². The molecular formula is C14H14Br2N2O3. The Bertz CT molecular complexity index is 729. The van der Waals surface area contributed by atoms with E-state index >= 15 is 0 Å². The molecule has 0 aliphatic heterocycles. The lowest BCUT2D eigenvalue weighted by Crippen LogP contribution is -2.13. The lowest BCUT2D eigenvalue weighted by Gasteiger charge is -2.10. The van der Waals surface area contributed by atoms with Crippen molar-refractivity contribution in [1.29, 1.82) is 0 Å². The molecule has 1 heterocycles. The first-order valence-electron chi connectivity index (χ1n) is 6.33. The summed E-state index contributed by atoms with van der Waals surface area (Å²) in [5.41, 5.74) is 1.13. The number of ether oxygens (including phenoxy) is 1. The van der Waals surface area contributed by atoms with Gasteiger partial charge in [-0.15, -0.1) is 0 Å². The molecule has 2 N–H and O–H groups in total. The summed E-state index contributed by atoms with van der Waals surface area (Å²) in [5.74, 6) is 0.752. The summed E-state index contributed by atoms with van der Waals surface area (Å²) < 4.78 is 6.04. The van der Waals surface area contributed by atoms with E-state index in [1.165, 1.54) is 7.11 Å². The van der Waals surface area contributed by atoms with Crippen LogP contribution in [0.15, 0.2) is 25.9 Å². The largest absolute Gasteiger partial charge is 0.503 e. The maximum atomic E-state index is 12.0. The van der Waals surface area contributed by atoms with E-state index in [4.69, 9.17) is 4.74 Å². The molecule has 2 aromatic rings. The summed E-state index contributed by atoms with van der Waals surface area (Å²) in [6.07, 6.45) is 1.59. The number of nitrogens with zero attached hydrogens (tertiary/aromatic N) is 1. The van der Waals surface area contributed by atoms with Gasteiger partial charge in [-0.05, 0) is 50.4 Å². The quantitative estimate of drug-likeness (QED) is 0.796. The van der Waals surface area contributed by atoms with Crippen LogP contribution in [0.4, 0.5) is 0 Å². The summed E-state index contributed by atoms with van der Waals surface area (Å²) in [7, 11) is 1.46. The standard InChI is InChI=1S/C14H14Br2N2O3/c1-3-4-9-11(16)14(20)18-13(17-9)7-5-8(15)12(19)10(6-7)21-2/h5-6,19H,3-4H2,1-2H3,(H,17,18,20). The van der Waals surface area contributed by atoms with E-state index in [1.54, 1.807) is 12.1 Å². The SMILES string of the molecule is CCCc1nc(-c2cc(Br)c(O)c(OC)c2)[nH]c(=O)c1Br. The number of phenols is 1. The number of H-pyrrole nitrogens is 1. The van der Waals surface area contributed by atoms with Crippen LogP contribution in [0.2, 0.25) is 0 Å². The number of phenolic OH excluding ortho intramolecular Hbond substituents is 1. The topological polar surface area (TPSA) is 75.2 Å². The summed E-state index contributed by atoms with van der Waals surface area (Å²) in [4.78, 5) is 19.2. The molecule has 0 spiro atoms. The predicted molar refractivity (Wildman–Crippen MR) is 87.9 cm³/mol. The Morgan fingerprint density at radius 1 is 1.38 bits per heavy atom. The van der Waals surface area contributed by atoms with Crippen molar-refractivity contribution in [1.82, 2.24) is 9.97 Å². The fraction of sp³-hybridized carbons (Fsp3) is 0.286. The summed E-state index contributed by atoms with van der Waals surface area (Å²) in [5, 5.41) is 9.83. The first-order valence-corrected chi connectivity index (χ1v) is 7.92. The second-order valence-corrected chi connectivity index (χ2v) is 6.08. The average Bonchev–Trinajstić information content (AvgIpc) is 2.46. The molecule has 7 heteroatoms. The molecule has 0 aliphatic rings. The van der Waals surface area contributed by atoms with Crippen molar-refractivity contribution in [2.75, 3.05) is 7.11 Å².